The first-order valence-corrected chi connectivity index (χ1v) is 6.61. The van der Waals surface area contributed by atoms with Gasteiger partial charge in [-0.1, -0.05) is 23.2 Å². The smallest absolute Gasteiger partial charge is 0.218 e. The number of benzene rings is 1. The van der Waals surface area contributed by atoms with Crippen molar-refractivity contribution in [3.63, 3.8) is 0 Å². The molecule has 0 aliphatic rings. The molecule has 4 nitrogen and oxygen atoms in total. The van der Waals surface area contributed by atoms with Gasteiger partial charge in [-0.15, -0.1) is 0 Å². The lowest BCUT2D eigenvalue weighted by atomic mass is 9.88. The Bertz CT molecular complexity index is 633. The van der Waals surface area contributed by atoms with Crippen LogP contribution in [-0.2, 0) is 4.79 Å². The Morgan fingerprint density at radius 1 is 1.25 bits per heavy atom. The molecule has 0 aliphatic heterocycles. The van der Waals surface area contributed by atoms with Gasteiger partial charge in [0.2, 0.25) is 5.91 Å². The summed E-state index contributed by atoms with van der Waals surface area (Å²) in [6.07, 6.45) is 3.20. The molecular formula is C14H12Cl2N2O2. The average Bonchev–Trinajstić information content (AvgIpc) is 2.43. The molecule has 1 heterocycles. The van der Waals surface area contributed by atoms with Gasteiger partial charge in [0, 0.05) is 30.3 Å². The second-order valence-corrected chi connectivity index (χ2v) is 5.08. The molecule has 1 aromatic heterocycles. The summed E-state index contributed by atoms with van der Waals surface area (Å²) in [5.74, 6) is -0.994. The lowest BCUT2D eigenvalue weighted by Crippen LogP contribution is -2.16. The molecular weight excluding hydrogens is 299 g/mol. The first-order valence-electron chi connectivity index (χ1n) is 5.85. The van der Waals surface area contributed by atoms with E-state index in [1.54, 1.807) is 24.5 Å². The number of aromatic nitrogens is 1. The maximum absolute atomic E-state index is 11.3. The third-order valence-corrected chi connectivity index (χ3v) is 3.79. The van der Waals surface area contributed by atoms with E-state index in [0.29, 0.717) is 10.6 Å². The van der Waals surface area contributed by atoms with E-state index >= 15 is 0 Å². The molecule has 0 fully saturated rings. The van der Waals surface area contributed by atoms with Gasteiger partial charge in [-0.2, -0.15) is 0 Å². The quantitative estimate of drug-likeness (QED) is 0.911. The Kier molecular flexibility index (Phi) is 4.47. The van der Waals surface area contributed by atoms with Crippen molar-refractivity contribution in [3.05, 3.63) is 57.8 Å². The van der Waals surface area contributed by atoms with Gasteiger partial charge in [-0.25, -0.2) is 0 Å². The van der Waals surface area contributed by atoms with Crippen LogP contribution in [0, 0.1) is 0 Å². The van der Waals surface area contributed by atoms with E-state index in [1.165, 1.54) is 12.1 Å². The van der Waals surface area contributed by atoms with Crippen LogP contribution in [0.25, 0.3) is 0 Å². The summed E-state index contributed by atoms with van der Waals surface area (Å²) in [6.45, 7) is 0. The molecule has 1 unspecified atom stereocenters. The number of hydrogen-bond acceptors (Lipinski definition) is 3. The number of rotatable bonds is 4. The summed E-state index contributed by atoms with van der Waals surface area (Å²) in [7, 11) is 0. The minimum atomic E-state index is -0.498. The van der Waals surface area contributed by atoms with Gasteiger partial charge in [0.05, 0.1) is 10.0 Å². The molecule has 1 aromatic carbocycles. The number of pyridine rings is 1. The van der Waals surface area contributed by atoms with E-state index in [1.807, 2.05) is 0 Å². The highest BCUT2D eigenvalue weighted by Crippen LogP contribution is 2.41. The zero-order chi connectivity index (χ0) is 14.7. The van der Waals surface area contributed by atoms with Crippen LogP contribution < -0.4 is 5.73 Å². The number of aromatic hydroxyl groups is 1. The van der Waals surface area contributed by atoms with E-state index in [2.05, 4.69) is 4.98 Å². The lowest BCUT2D eigenvalue weighted by Gasteiger charge is -2.19. The van der Waals surface area contributed by atoms with Gasteiger partial charge in [0.1, 0.15) is 5.75 Å². The summed E-state index contributed by atoms with van der Waals surface area (Å²) < 4.78 is 0. The molecule has 0 saturated carbocycles. The molecule has 1 amide bonds. The zero-order valence-electron chi connectivity index (χ0n) is 10.4. The van der Waals surface area contributed by atoms with E-state index in [9.17, 15) is 9.90 Å². The van der Waals surface area contributed by atoms with Crippen molar-refractivity contribution < 1.29 is 9.90 Å². The maximum Gasteiger partial charge on any atom is 0.218 e. The van der Waals surface area contributed by atoms with Gasteiger partial charge >= 0.3 is 0 Å². The van der Waals surface area contributed by atoms with E-state index < -0.39 is 11.8 Å². The predicted octanol–water partition coefficient (Wildman–Crippen LogP) is 3.10. The maximum atomic E-state index is 11.3. The van der Waals surface area contributed by atoms with Crippen molar-refractivity contribution in [1.29, 1.82) is 0 Å². The Morgan fingerprint density at radius 2 is 1.90 bits per heavy atom. The SMILES string of the molecule is NC(=O)CC(c1ccncc1)c1c(O)ccc(Cl)c1Cl. The second kappa shape index (κ2) is 6.11. The third kappa shape index (κ3) is 3.03. The van der Waals surface area contributed by atoms with Crippen LogP contribution in [0.4, 0.5) is 0 Å². The van der Waals surface area contributed by atoms with Crippen molar-refractivity contribution in [1.82, 2.24) is 4.98 Å². The third-order valence-electron chi connectivity index (χ3n) is 2.97. The van der Waals surface area contributed by atoms with E-state index in [-0.39, 0.29) is 17.2 Å². The van der Waals surface area contributed by atoms with Gasteiger partial charge in [0.25, 0.3) is 0 Å². The average molecular weight is 311 g/mol. The fourth-order valence-corrected chi connectivity index (χ4v) is 2.53. The summed E-state index contributed by atoms with van der Waals surface area (Å²) in [6, 6.07) is 6.42. The summed E-state index contributed by atoms with van der Waals surface area (Å²) in [5, 5.41) is 10.6. The second-order valence-electron chi connectivity index (χ2n) is 4.30. The number of nitrogens with two attached hydrogens (primary N) is 1. The molecule has 2 rings (SSSR count). The van der Waals surface area contributed by atoms with Gasteiger partial charge in [-0.05, 0) is 29.8 Å². The summed E-state index contributed by atoms with van der Waals surface area (Å²) in [5.41, 5.74) is 6.46. The van der Waals surface area contributed by atoms with Gasteiger partial charge < -0.3 is 10.8 Å². The highest BCUT2D eigenvalue weighted by molar-refractivity contribution is 6.42. The number of nitrogens with zero attached hydrogens (tertiary/aromatic N) is 1. The van der Waals surface area contributed by atoms with E-state index in [4.69, 9.17) is 28.9 Å². The minimum Gasteiger partial charge on any atom is -0.508 e. The monoisotopic (exact) mass is 310 g/mol. The lowest BCUT2D eigenvalue weighted by molar-refractivity contribution is -0.118. The molecule has 20 heavy (non-hydrogen) atoms. The zero-order valence-corrected chi connectivity index (χ0v) is 11.9. The topological polar surface area (TPSA) is 76.2 Å². The van der Waals surface area contributed by atoms with Crippen LogP contribution in [0.3, 0.4) is 0 Å². The Balaban J connectivity index is 2.58. The first kappa shape index (κ1) is 14.6. The minimum absolute atomic E-state index is 0.0115. The number of carbonyl (C=O) groups excluding carboxylic acids is 1. The van der Waals surface area contributed by atoms with Crippen LogP contribution in [0.15, 0.2) is 36.7 Å². The first-order chi connectivity index (χ1) is 9.50. The van der Waals surface area contributed by atoms with Crippen LogP contribution in [-0.4, -0.2) is 16.0 Å². The van der Waals surface area contributed by atoms with Gasteiger partial charge in [0.15, 0.2) is 0 Å². The molecule has 0 aliphatic carbocycles. The summed E-state index contributed by atoms with van der Waals surface area (Å²) in [4.78, 5) is 15.2. The Hall–Kier alpha value is -1.78. The van der Waals surface area contributed by atoms with Crippen molar-refractivity contribution >= 4 is 29.1 Å². The number of carbonyl (C=O) groups is 1. The molecule has 0 saturated heterocycles. The largest absolute Gasteiger partial charge is 0.508 e. The fraction of sp³-hybridized carbons (Fsp3) is 0.143. The van der Waals surface area contributed by atoms with Gasteiger partial charge in [-0.3, -0.25) is 9.78 Å². The van der Waals surface area contributed by atoms with Crippen LogP contribution >= 0.6 is 23.2 Å². The molecule has 6 heteroatoms. The summed E-state index contributed by atoms with van der Waals surface area (Å²) >= 11 is 12.1. The highest BCUT2D eigenvalue weighted by Gasteiger charge is 2.24. The normalized spacial score (nSPS) is 12.1. The standard InChI is InChI=1S/C14H12Cl2N2O2/c15-10-1-2-11(19)13(14(10)16)9(7-12(17)20)8-3-5-18-6-4-8/h1-6,9,19H,7H2,(H2,17,20). The number of hydrogen-bond donors (Lipinski definition) is 2. The van der Waals surface area contributed by atoms with E-state index in [0.717, 1.165) is 5.56 Å². The number of phenols is 1. The molecule has 0 radical (unpaired) electrons. The number of primary amides is 1. The molecule has 0 spiro atoms. The van der Waals surface area contributed by atoms with Crippen molar-refractivity contribution in [3.8, 4) is 5.75 Å². The Labute approximate surface area is 126 Å². The van der Waals surface area contributed by atoms with Crippen molar-refractivity contribution in [2.24, 2.45) is 5.73 Å². The van der Waals surface area contributed by atoms with Crippen LogP contribution in [0.2, 0.25) is 10.0 Å². The molecule has 0 bridgehead atoms. The van der Waals surface area contributed by atoms with Crippen molar-refractivity contribution in [2.45, 2.75) is 12.3 Å². The molecule has 1 atom stereocenters. The number of halogens is 2. The Morgan fingerprint density at radius 3 is 2.50 bits per heavy atom. The van der Waals surface area contributed by atoms with Crippen LogP contribution in [0.5, 0.6) is 5.75 Å². The molecule has 2 aromatic rings. The predicted molar refractivity (Wildman–Crippen MR) is 78.0 cm³/mol. The number of phenolic OH excluding ortho intramolecular Hbond substituents is 1. The highest BCUT2D eigenvalue weighted by atomic mass is 35.5. The fourth-order valence-electron chi connectivity index (χ4n) is 2.07. The number of amides is 1. The molecule has 3 N–H and O–H groups in total. The van der Waals surface area contributed by atoms with Crippen molar-refractivity contribution in [2.75, 3.05) is 0 Å². The molecule has 104 valence electrons. The van der Waals surface area contributed by atoms with Crippen LogP contribution in [0.1, 0.15) is 23.5 Å².